The first-order valence-electron chi connectivity index (χ1n) is 9.11. The fraction of sp³-hybridized carbons (Fsp3) is 0.350. The number of hydrogen-bond donors (Lipinski definition) is 2. The molecule has 3 rings (SSSR count). The normalized spacial score (nSPS) is 16.5. The number of methoxy groups -OCH3 is 1. The molecule has 1 saturated heterocycles. The first kappa shape index (κ1) is 19.5. The fourth-order valence-corrected chi connectivity index (χ4v) is 3.31. The number of likely N-dealkylation sites (tertiary alicyclic amines) is 1. The molecule has 0 saturated carbocycles. The van der Waals surface area contributed by atoms with Crippen molar-refractivity contribution in [1.82, 2.24) is 14.9 Å². The molecule has 1 fully saturated rings. The molecule has 1 atom stereocenters. The number of piperidine rings is 1. The maximum Gasteiger partial charge on any atom is 0.305 e. The zero-order valence-corrected chi connectivity index (χ0v) is 15.7. The predicted molar refractivity (Wildman–Crippen MR) is 104 cm³/mol. The van der Waals surface area contributed by atoms with Crippen LogP contribution in [0.25, 0.3) is 11.1 Å². The maximum atomic E-state index is 12.7. The van der Waals surface area contributed by atoms with Gasteiger partial charge in [-0.2, -0.15) is 0 Å². The number of aromatic nitrogens is 2. The van der Waals surface area contributed by atoms with Crippen LogP contribution >= 0.6 is 0 Å². The smallest absolute Gasteiger partial charge is 0.305 e. The zero-order valence-electron chi connectivity index (χ0n) is 15.7. The highest BCUT2D eigenvalue weighted by molar-refractivity contribution is 5.95. The van der Waals surface area contributed by atoms with Crippen molar-refractivity contribution in [1.29, 1.82) is 5.41 Å². The van der Waals surface area contributed by atoms with Crippen molar-refractivity contribution < 1.29 is 14.3 Å². The van der Waals surface area contributed by atoms with Crippen LogP contribution in [-0.4, -0.2) is 52.8 Å². The quantitative estimate of drug-likeness (QED) is 0.463. The number of carbonyl (C=O) groups is 2. The summed E-state index contributed by atoms with van der Waals surface area (Å²) in [4.78, 5) is 34.4. The number of benzene rings is 1. The van der Waals surface area contributed by atoms with Crippen molar-refractivity contribution in [3.63, 3.8) is 0 Å². The average Bonchev–Trinajstić information content (AvgIpc) is 2.73. The summed E-state index contributed by atoms with van der Waals surface area (Å²) in [5.74, 6) is -0.230. The van der Waals surface area contributed by atoms with Gasteiger partial charge in [-0.05, 0) is 24.3 Å². The Morgan fingerprint density at radius 3 is 2.50 bits per heavy atom. The van der Waals surface area contributed by atoms with Crippen LogP contribution in [0.2, 0.25) is 0 Å². The Morgan fingerprint density at radius 2 is 1.89 bits per heavy atom. The van der Waals surface area contributed by atoms with E-state index in [9.17, 15) is 9.59 Å². The first-order valence-corrected chi connectivity index (χ1v) is 9.11. The first-order chi connectivity index (χ1) is 13.5. The van der Waals surface area contributed by atoms with Crippen LogP contribution in [0.3, 0.4) is 0 Å². The molecule has 3 N–H and O–H groups in total. The molecule has 2 aromatic rings. The number of nitrogens with one attached hydrogen (secondary N) is 1. The highest BCUT2D eigenvalue weighted by Crippen LogP contribution is 2.22. The van der Waals surface area contributed by atoms with E-state index in [0.717, 1.165) is 24.0 Å². The number of nitrogen functional groups attached to an aromatic ring is 1. The summed E-state index contributed by atoms with van der Waals surface area (Å²) in [6.07, 6.45) is 5.27. The SMILES string of the molecule is COC(=O)CC1CCCN(C(=O)c2ncc(-c3ccc(C(=N)N)cc3)cn2)C1. The van der Waals surface area contributed by atoms with Crippen molar-refractivity contribution >= 4 is 17.7 Å². The molecular formula is C20H23N5O3. The molecule has 0 bridgehead atoms. The summed E-state index contributed by atoms with van der Waals surface area (Å²) in [5, 5.41) is 7.43. The molecule has 1 amide bonds. The van der Waals surface area contributed by atoms with Crippen molar-refractivity contribution in [2.45, 2.75) is 19.3 Å². The molecule has 0 aliphatic carbocycles. The lowest BCUT2D eigenvalue weighted by molar-refractivity contribution is -0.142. The van der Waals surface area contributed by atoms with Gasteiger partial charge in [-0.1, -0.05) is 24.3 Å². The van der Waals surface area contributed by atoms with Crippen LogP contribution in [0, 0.1) is 11.3 Å². The van der Waals surface area contributed by atoms with E-state index >= 15 is 0 Å². The highest BCUT2D eigenvalue weighted by atomic mass is 16.5. The molecule has 1 unspecified atom stereocenters. The van der Waals surface area contributed by atoms with Crippen molar-refractivity contribution in [3.8, 4) is 11.1 Å². The van der Waals surface area contributed by atoms with Crippen LogP contribution in [0.4, 0.5) is 0 Å². The lowest BCUT2D eigenvalue weighted by atomic mass is 9.95. The minimum atomic E-state index is -0.254. The topological polar surface area (TPSA) is 122 Å². The molecule has 1 aromatic heterocycles. The average molecular weight is 381 g/mol. The summed E-state index contributed by atoms with van der Waals surface area (Å²) >= 11 is 0. The molecule has 28 heavy (non-hydrogen) atoms. The number of nitrogens with two attached hydrogens (primary N) is 1. The Hall–Kier alpha value is -3.29. The molecule has 1 aromatic carbocycles. The van der Waals surface area contributed by atoms with Crippen LogP contribution in [-0.2, 0) is 9.53 Å². The molecule has 1 aliphatic rings. The standard InChI is InChI=1S/C20H23N5O3/c1-28-17(26)9-13-3-2-8-25(12-13)20(27)19-23-10-16(11-24-19)14-4-6-15(7-5-14)18(21)22/h4-7,10-11,13H,2-3,8-9,12H2,1H3,(H3,21,22). The van der Waals surface area contributed by atoms with Gasteiger partial charge < -0.3 is 15.4 Å². The van der Waals surface area contributed by atoms with Gasteiger partial charge in [0.1, 0.15) is 5.84 Å². The summed E-state index contributed by atoms with van der Waals surface area (Å²) < 4.78 is 4.72. The van der Waals surface area contributed by atoms with Crippen LogP contribution < -0.4 is 5.73 Å². The van der Waals surface area contributed by atoms with Crippen molar-refractivity contribution in [2.24, 2.45) is 11.7 Å². The van der Waals surface area contributed by atoms with Gasteiger partial charge in [-0.25, -0.2) is 9.97 Å². The van der Waals surface area contributed by atoms with Gasteiger partial charge in [0.15, 0.2) is 0 Å². The van der Waals surface area contributed by atoms with Gasteiger partial charge in [0.05, 0.1) is 7.11 Å². The summed E-state index contributed by atoms with van der Waals surface area (Å²) in [7, 11) is 1.37. The Labute approximate surface area is 163 Å². The monoisotopic (exact) mass is 381 g/mol. The Bertz CT molecular complexity index is 864. The van der Waals surface area contributed by atoms with E-state index in [1.165, 1.54) is 7.11 Å². The van der Waals surface area contributed by atoms with E-state index in [4.69, 9.17) is 15.9 Å². The van der Waals surface area contributed by atoms with Crippen LogP contribution in [0.15, 0.2) is 36.7 Å². The number of amidine groups is 1. The van der Waals surface area contributed by atoms with E-state index in [1.54, 1.807) is 29.4 Å². The molecule has 2 heterocycles. The third kappa shape index (κ3) is 4.51. The number of esters is 1. The van der Waals surface area contributed by atoms with Gasteiger partial charge in [-0.15, -0.1) is 0 Å². The van der Waals surface area contributed by atoms with E-state index in [0.29, 0.717) is 25.1 Å². The minimum Gasteiger partial charge on any atom is -0.469 e. The molecule has 0 spiro atoms. The van der Waals surface area contributed by atoms with E-state index in [-0.39, 0.29) is 29.5 Å². The van der Waals surface area contributed by atoms with Crippen LogP contribution in [0.5, 0.6) is 0 Å². The van der Waals surface area contributed by atoms with Gasteiger partial charge >= 0.3 is 5.97 Å². The summed E-state index contributed by atoms with van der Waals surface area (Å²) in [5.41, 5.74) is 7.75. The third-order valence-corrected chi connectivity index (χ3v) is 4.86. The second-order valence-electron chi connectivity index (χ2n) is 6.83. The lowest BCUT2D eigenvalue weighted by Crippen LogP contribution is -2.41. The van der Waals surface area contributed by atoms with Crippen molar-refractivity contribution in [3.05, 3.63) is 48.0 Å². The second-order valence-corrected chi connectivity index (χ2v) is 6.83. The van der Waals surface area contributed by atoms with Crippen LogP contribution in [0.1, 0.15) is 35.4 Å². The number of amides is 1. The van der Waals surface area contributed by atoms with E-state index < -0.39 is 0 Å². The number of hydrogen-bond acceptors (Lipinski definition) is 6. The van der Waals surface area contributed by atoms with Gasteiger partial charge in [0, 0.05) is 43.0 Å². The van der Waals surface area contributed by atoms with E-state index in [1.807, 2.05) is 12.1 Å². The second kappa shape index (κ2) is 8.60. The predicted octanol–water partition coefficient (Wildman–Crippen LogP) is 1.84. The molecule has 1 aliphatic heterocycles. The molecule has 0 radical (unpaired) electrons. The summed E-state index contributed by atoms with van der Waals surface area (Å²) in [6.45, 7) is 1.14. The Kier molecular flexibility index (Phi) is 5.98. The van der Waals surface area contributed by atoms with Gasteiger partial charge in [-0.3, -0.25) is 15.0 Å². The number of nitrogens with zero attached hydrogens (tertiary/aromatic N) is 3. The maximum absolute atomic E-state index is 12.7. The molecule has 146 valence electrons. The largest absolute Gasteiger partial charge is 0.469 e. The minimum absolute atomic E-state index is 0.00998. The highest BCUT2D eigenvalue weighted by Gasteiger charge is 2.27. The Balaban J connectivity index is 1.67. The molecule has 8 heteroatoms. The zero-order chi connectivity index (χ0) is 20.1. The molecular weight excluding hydrogens is 358 g/mol. The number of rotatable bonds is 5. The van der Waals surface area contributed by atoms with Gasteiger partial charge in [0.2, 0.25) is 5.82 Å². The van der Waals surface area contributed by atoms with Crippen molar-refractivity contribution in [2.75, 3.05) is 20.2 Å². The van der Waals surface area contributed by atoms with Gasteiger partial charge in [0.25, 0.3) is 5.91 Å². The Morgan fingerprint density at radius 1 is 1.21 bits per heavy atom. The summed E-state index contributed by atoms with van der Waals surface area (Å²) in [6, 6.07) is 7.18. The fourth-order valence-electron chi connectivity index (χ4n) is 3.31. The number of carbonyl (C=O) groups excluding carboxylic acids is 2. The third-order valence-electron chi connectivity index (χ3n) is 4.86. The number of ether oxygens (including phenoxy) is 1. The van der Waals surface area contributed by atoms with E-state index in [2.05, 4.69) is 9.97 Å². The lowest BCUT2D eigenvalue weighted by Gasteiger charge is -2.31. The molecule has 8 nitrogen and oxygen atoms in total.